The maximum absolute atomic E-state index is 5.38. The number of aliphatic imine (C=N–C) groups is 1. The molecule has 27 heavy (non-hydrogen) atoms. The van der Waals surface area contributed by atoms with Gasteiger partial charge in [-0.15, -0.1) is 24.0 Å². The van der Waals surface area contributed by atoms with E-state index in [-0.39, 0.29) is 24.0 Å². The Kier molecular flexibility index (Phi) is 10.5. The number of hydrogen-bond acceptors (Lipinski definition) is 3. The standard InChI is InChI=1S/C20H33N5O.HI/c1-15(2)14-23-20(22-12-10-18-8-7-13-26-18)21-11-6-9-19-16(3)24-25(5)17(19)4;/h7-8,13,15H,6,9-12,14H2,1-5H3,(H2,21,22,23);1H. The lowest BCUT2D eigenvalue weighted by Crippen LogP contribution is -2.39. The van der Waals surface area contributed by atoms with Gasteiger partial charge in [-0.25, -0.2) is 0 Å². The number of rotatable bonds is 9. The van der Waals surface area contributed by atoms with E-state index in [9.17, 15) is 0 Å². The molecule has 0 aromatic carbocycles. The van der Waals surface area contributed by atoms with Crippen molar-refractivity contribution in [1.29, 1.82) is 0 Å². The molecule has 2 aromatic heterocycles. The molecule has 0 aliphatic rings. The number of nitrogens with one attached hydrogen (secondary N) is 2. The first kappa shape index (κ1) is 23.5. The predicted molar refractivity (Wildman–Crippen MR) is 122 cm³/mol. The number of guanidine groups is 1. The van der Waals surface area contributed by atoms with Gasteiger partial charge in [0, 0.05) is 38.8 Å². The lowest BCUT2D eigenvalue weighted by atomic mass is 10.1. The quantitative estimate of drug-likeness (QED) is 0.246. The fourth-order valence-corrected chi connectivity index (χ4v) is 2.86. The predicted octanol–water partition coefficient (Wildman–Crippen LogP) is 3.61. The molecule has 0 saturated heterocycles. The smallest absolute Gasteiger partial charge is 0.191 e. The Morgan fingerprint density at radius 2 is 1.96 bits per heavy atom. The summed E-state index contributed by atoms with van der Waals surface area (Å²) >= 11 is 0. The summed E-state index contributed by atoms with van der Waals surface area (Å²) in [6.45, 7) is 11.1. The summed E-state index contributed by atoms with van der Waals surface area (Å²) < 4.78 is 7.34. The molecular weight excluding hydrogens is 453 g/mol. The third kappa shape index (κ3) is 7.94. The van der Waals surface area contributed by atoms with Gasteiger partial charge in [-0.1, -0.05) is 13.8 Å². The lowest BCUT2D eigenvalue weighted by Gasteiger charge is -2.13. The number of halogens is 1. The fourth-order valence-electron chi connectivity index (χ4n) is 2.86. The van der Waals surface area contributed by atoms with Gasteiger partial charge in [0.05, 0.1) is 12.0 Å². The van der Waals surface area contributed by atoms with E-state index < -0.39 is 0 Å². The first-order valence-corrected chi connectivity index (χ1v) is 9.51. The van der Waals surface area contributed by atoms with Gasteiger partial charge < -0.3 is 15.1 Å². The SMILES string of the molecule is Cc1nn(C)c(C)c1CCCNC(=NCC(C)C)NCCc1ccco1.I. The zero-order valence-electron chi connectivity index (χ0n) is 17.2. The van der Waals surface area contributed by atoms with E-state index in [0.717, 1.165) is 56.3 Å². The van der Waals surface area contributed by atoms with Crippen LogP contribution in [0.3, 0.4) is 0 Å². The van der Waals surface area contributed by atoms with Crippen LogP contribution in [0.4, 0.5) is 0 Å². The number of aryl methyl sites for hydroxylation is 2. The molecule has 0 aliphatic carbocycles. The number of hydrogen-bond donors (Lipinski definition) is 2. The van der Waals surface area contributed by atoms with Crippen LogP contribution in [0.5, 0.6) is 0 Å². The van der Waals surface area contributed by atoms with Gasteiger partial charge in [-0.2, -0.15) is 5.10 Å². The van der Waals surface area contributed by atoms with Crippen LogP contribution in [0.1, 0.15) is 43.0 Å². The summed E-state index contributed by atoms with van der Waals surface area (Å²) in [7, 11) is 2.00. The van der Waals surface area contributed by atoms with Crippen molar-refractivity contribution in [1.82, 2.24) is 20.4 Å². The van der Waals surface area contributed by atoms with Crippen molar-refractivity contribution >= 4 is 29.9 Å². The van der Waals surface area contributed by atoms with E-state index in [2.05, 4.69) is 48.4 Å². The normalized spacial score (nSPS) is 11.6. The second kappa shape index (κ2) is 12.0. The topological polar surface area (TPSA) is 67.4 Å². The van der Waals surface area contributed by atoms with Crippen molar-refractivity contribution in [2.75, 3.05) is 19.6 Å². The molecule has 0 spiro atoms. The van der Waals surface area contributed by atoms with Gasteiger partial charge in [0.25, 0.3) is 0 Å². The molecule has 0 saturated carbocycles. The Labute approximate surface area is 180 Å². The summed E-state index contributed by atoms with van der Waals surface area (Å²) in [5.74, 6) is 2.41. The lowest BCUT2D eigenvalue weighted by molar-refractivity contribution is 0.506. The van der Waals surface area contributed by atoms with E-state index in [1.807, 2.05) is 23.9 Å². The zero-order chi connectivity index (χ0) is 18.9. The molecule has 0 aliphatic heterocycles. The van der Waals surface area contributed by atoms with Crippen molar-refractivity contribution in [3.8, 4) is 0 Å². The molecule has 0 unspecified atom stereocenters. The summed E-state index contributed by atoms with van der Waals surface area (Å²) in [4.78, 5) is 4.67. The molecule has 0 amide bonds. The van der Waals surface area contributed by atoms with Crippen LogP contribution in [0, 0.1) is 19.8 Å². The summed E-state index contributed by atoms with van der Waals surface area (Å²) in [6.07, 6.45) is 4.64. The number of nitrogens with zero attached hydrogens (tertiary/aromatic N) is 3. The van der Waals surface area contributed by atoms with Crippen molar-refractivity contribution in [2.24, 2.45) is 18.0 Å². The Morgan fingerprint density at radius 1 is 1.22 bits per heavy atom. The van der Waals surface area contributed by atoms with E-state index >= 15 is 0 Å². The number of furan rings is 1. The second-order valence-electron chi connectivity index (χ2n) is 7.14. The monoisotopic (exact) mass is 487 g/mol. The van der Waals surface area contributed by atoms with Crippen LogP contribution in [-0.4, -0.2) is 35.4 Å². The van der Waals surface area contributed by atoms with Crippen molar-refractivity contribution in [3.05, 3.63) is 41.1 Å². The highest BCUT2D eigenvalue weighted by molar-refractivity contribution is 14.0. The molecule has 2 heterocycles. The molecule has 2 N–H and O–H groups in total. The number of aromatic nitrogens is 2. The summed E-state index contributed by atoms with van der Waals surface area (Å²) in [6, 6.07) is 3.92. The average Bonchev–Trinajstić information content (AvgIpc) is 3.18. The Morgan fingerprint density at radius 3 is 2.56 bits per heavy atom. The Bertz CT molecular complexity index is 692. The van der Waals surface area contributed by atoms with Gasteiger partial charge in [-0.05, 0) is 50.3 Å². The zero-order valence-corrected chi connectivity index (χ0v) is 19.5. The second-order valence-corrected chi connectivity index (χ2v) is 7.14. The van der Waals surface area contributed by atoms with Gasteiger partial charge in [0.1, 0.15) is 5.76 Å². The van der Waals surface area contributed by atoms with Crippen LogP contribution >= 0.6 is 24.0 Å². The first-order chi connectivity index (χ1) is 12.5. The minimum Gasteiger partial charge on any atom is -0.469 e. The molecular formula is C20H34IN5O. The molecule has 0 atom stereocenters. The van der Waals surface area contributed by atoms with Crippen LogP contribution in [0.2, 0.25) is 0 Å². The van der Waals surface area contributed by atoms with Crippen molar-refractivity contribution in [2.45, 2.75) is 47.0 Å². The van der Waals surface area contributed by atoms with E-state index in [1.165, 1.54) is 11.3 Å². The van der Waals surface area contributed by atoms with Crippen LogP contribution in [0.15, 0.2) is 27.8 Å². The van der Waals surface area contributed by atoms with Crippen LogP contribution in [0.25, 0.3) is 0 Å². The molecule has 0 bridgehead atoms. The molecule has 2 aromatic rings. The molecule has 152 valence electrons. The molecule has 0 radical (unpaired) electrons. The third-order valence-corrected chi connectivity index (χ3v) is 4.41. The maximum Gasteiger partial charge on any atom is 0.191 e. The van der Waals surface area contributed by atoms with E-state index in [4.69, 9.17) is 4.42 Å². The minimum atomic E-state index is 0. The Hall–Kier alpha value is -1.51. The summed E-state index contributed by atoms with van der Waals surface area (Å²) in [5, 5.41) is 11.3. The highest BCUT2D eigenvalue weighted by atomic mass is 127. The molecule has 6 nitrogen and oxygen atoms in total. The Balaban J connectivity index is 0.00000364. The van der Waals surface area contributed by atoms with Crippen molar-refractivity contribution in [3.63, 3.8) is 0 Å². The van der Waals surface area contributed by atoms with Crippen LogP contribution in [-0.2, 0) is 19.9 Å². The molecule has 7 heteroatoms. The summed E-state index contributed by atoms with van der Waals surface area (Å²) in [5.41, 5.74) is 3.75. The first-order valence-electron chi connectivity index (χ1n) is 9.51. The maximum atomic E-state index is 5.38. The third-order valence-electron chi connectivity index (χ3n) is 4.41. The molecule has 0 fully saturated rings. The van der Waals surface area contributed by atoms with Crippen LogP contribution < -0.4 is 10.6 Å². The van der Waals surface area contributed by atoms with Crippen molar-refractivity contribution < 1.29 is 4.42 Å². The van der Waals surface area contributed by atoms with Gasteiger partial charge >= 0.3 is 0 Å². The fraction of sp³-hybridized carbons (Fsp3) is 0.600. The largest absolute Gasteiger partial charge is 0.469 e. The highest BCUT2D eigenvalue weighted by Gasteiger charge is 2.09. The van der Waals surface area contributed by atoms with Gasteiger partial charge in [0.15, 0.2) is 5.96 Å². The average molecular weight is 487 g/mol. The highest BCUT2D eigenvalue weighted by Crippen LogP contribution is 2.13. The van der Waals surface area contributed by atoms with E-state index in [0.29, 0.717) is 5.92 Å². The van der Waals surface area contributed by atoms with Gasteiger partial charge in [-0.3, -0.25) is 9.67 Å². The van der Waals surface area contributed by atoms with Gasteiger partial charge in [0.2, 0.25) is 0 Å². The molecule has 2 rings (SSSR count). The van der Waals surface area contributed by atoms with E-state index in [1.54, 1.807) is 6.26 Å². The minimum absolute atomic E-state index is 0.